The van der Waals surface area contributed by atoms with Gasteiger partial charge in [0.2, 0.25) is 0 Å². The highest BCUT2D eigenvalue weighted by atomic mass is 19.2. The number of hydrogen-bond acceptors (Lipinski definition) is 2. The van der Waals surface area contributed by atoms with E-state index in [4.69, 9.17) is 5.11 Å². The van der Waals surface area contributed by atoms with Crippen molar-refractivity contribution < 1.29 is 23.8 Å². The molecule has 0 bridgehead atoms. The van der Waals surface area contributed by atoms with Gasteiger partial charge in [-0.2, -0.15) is 0 Å². The molecule has 0 aromatic heterocycles. The van der Waals surface area contributed by atoms with Crippen molar-refractivity contribution in [3.05, 3.63) is 35.4 Å². The Labute approximate surface area is 85.0 Å². The molecular weight excluding hydrogens is 206 g/mol. The second-order valence-corrected chi connectivity index (χ2v) is 3.50. The van der Waals surface area contributed by atoms with Gasteiger partial charge in [0.1, 0.15) is 0 Å². The Bertz CT molecular complexity index is 388. The van der Waals surface area contributed by atoms with Gasteiger partial charge in [0.05, 0.1) is 0 Å². The maximum absolute atomic E-state index is 12.8. The van der Waals surface area contributed by atoms with E-state index < -0.39 is 23.2 Å². The molecule has 1 aromatic carbocycles. The molecule has 1 unspecified atom stereocenters. The van der Waals surface area contributed by atoms with Crippen LogP contribution in [-0.4, -0.2) is 21.8 Å². The van der Waals surface area contributed by atoms with E-state index in [1.54, 1.807) is 0 Å². The lowest BCUT2D eigenvalue weighted by molar-refractivity contribution is -0.156. The Balaban J connectivity index is 2.91. The Kier molecular flexibility index (Phi) is 3.04. The topological polar surface area (TPSA) is 57.5 Å². The average molecular weight is 216 g/mol. The van der Waals surface area contributed by atoms with Gasteiger partial charge in [-0.25, -0.2) is 13.6 Å². The van der Waals surface area contributed by atoms with Crippen LogP contribution in [0.4, 0.5) is 8.78 Å². The van der Waals surface area contributed by atoms with E-state index in [-0.39, 0.29) is 12.0 Å². The van der Waals surface area contributed by atoms with Crippen LogP contribution in [0.25, 0.3) is 0 Å². The molecule has 1 aromatic rings. The minimum absolute atomic E-state index is 0.223. The van der Waals surface area contributed by atoms with Crippen LogP contribution in [0, 0.1) is 11.6 Å². The number of hydrogen-bond donors (Lipinski definition) is 2. The number of aliphatic carboxylic acids is 1. The minimum atomic E-state index is -1.98. The van der Waals surface area contributed by atoms with Crippen LogP contribution in [0.5, 0.6) is 0 Å². The van der Waals surface area contributed by atoms with Gasteiger partial charge in [-0.15, -0.1) is 0 Å². The Hall–Kier alpha value is -1.49. The zero-order valence-corrected chi connectivity index (χ0v) is 8.00. The third kappa shape index (κ3) is 2.73. The predicted octanol–water partition coefficient (Wildman–Crippen LogP) is 1.34. The number of halogens is 2. The SMILES string of the molecule is CC(O)(Cc1ccc(F)c(F)c1)C(=O)O. The Morgan fingerprint density at radius 1 is 1.40 bits per heavy atom. The monoisotopic (exact) mass is 216 g/mol. The van der Waals surface area contributed by atoms with Crippen LogP contribution < -0.4 is 0 Å². The highest BCUT2D eigenvalue weighted by molar-refractivity contribution is 5.76. The normalized spacial score (nSPS) is 14.7. The summed E-state index contributed by atoms with van der Waals surface area (Å²) in [6, 6.07) is 2.99. The summed E-state index contributed by atoms with van der Waals surface area (Å²) in [5, 5.41) is 18.0. The number of carboxylic acids is 1. The summed E-state index contributed by atoms with van der Waals surface area (Å²) in [7, 11) is 0. The van der Waals surface area contributed by atoms with Crippen molar-refractivity contribution in [2.45, 2.75) is 18.9 Å². The summed E-state index contributed by atoms with van der Waals surface area (Å²) in [5.41, 5.74) is -1.76. The van der Waals surface area contributed by atoms with Crippen LogP contribution in [0.3, 0.4) is 0 Å². The van der Waals surface area contributed by atoms with E-state index in [2.05, 4.69) is 0 Å². The molecule has 0 amide bonds. The fourth-order valence-electron chi connectivity index (χ4n) is 1.12. The van der Waals surface area contributed by atoms with Gasteiger partial charge in [-0.1, -0.05) is 6.07 Å². The summed E-state index contributed by atoms with van der Waals surface area (Å²) >= 11 is 0. The number of carboxylic acid groups (broad SMARTS) is 1. The number of benzene rings is 1. The Morgan fingerprint density at radius 3 is 2.47 bits per heavy atom. The molecule has 2 N–H and O–H groups in total. The van der Waals surface area contributed by atoms with Gasteiger partial charge in [-0.05, 0) is 24.6 Å². The van der Waals surface area contributed by atoms with Gasteiger partial charge in [0.25, 0.3) is 0 Å². The maximum Gasteiger partial charge on any atom is 0.335 e. The van der Waals surface area contributed by atoms with E-state index in [1.807, 2.05) is 0 Å². The molecule has 0 aliphatic carbocycles. The molecular formula is C10H10F2O3. The number of aliphatic hydroxyl groups is 1. The lowest BCUT2D eigenvalue weighted by atomic mass is 9.97. The fourth-order valence-corrected chi connectivity index (χ4v) is 1.12. The zero-order valence-electron chi connectivity index (χ0n) is 8.00. The lowest BCUT2D eigenvalue weighted by Crippen LogP contribution is -2.37. The molecule has 1 atom stereocenters. The van der Waals surface area contributed by atoms with E-state index in [0.717, 1.165) is 19.1 Å². The van der Waals surface area contributed by atoms with Crippen molar-refractivity contribution in [3.63, 3.8) is 0 Å². The molecule has 3 nitrogen and oxygen atoms in total. The van der Waals surface area contributed by atoms with Crippen molar-refractivity contribution >= 4 is 5.97 Å². The smallest absolute Gasteiger partial charge is 0.335 e. The molecule has 0 saturated carbocycles. The summed E-state index contributed by atoms with van der Waals surface area (Å²) in [4.78, 5) is 10.6. The molecule has 15 heavy (non-hydrogen) atoms. The third-order valence-electron chi connectivity index (χ3n) is 1.99. The molecule has 0 aliphatic rings. The zero-order chi connectivity index (χ0) is 11.6. The standard InChI is InChI=1S/C10H10F2O3/c1-10(15,9(13)14)5-6-2-3-7(11)8(12)4-6/h2-4,15H,5H2,1H3,(H,13,14). The van der Waals surface area contributed by atoms with Gasteiger partial charge in [0.15, 0.2) is 17.2 Å². The lowest BCUT2D eigenvalue weighted by Gasteiger charge is -2.17. The maximum atomic E-state index is 12.8. The van der Waals surface area contributed by atoms with Crippen molar-refractivity contribution in [2.75, 3.05) is 0 Å². The summed E-state index contributed by atoms with van der Waals surface area (Å²) < 4.78 is 25.3. The molecule has 0 aliphatic heterocycles. The van der Waals surface area contributed by atoms with E-state index >= 15 is 0 Å². The summed E-state index contributed by atoms with van der Waals surface area (Å²) in [6.45, 7) is 1.09. The van der Waals surface area contributed by atoms with Gasteiger partial charge >= 0.3 is 5.97 Å². The van der Waals surface area contributed by atoms with E-state index in [0.29, 0.717) is 0 Å². The third-order valence-corrected chi connectivity index (χ3v) is 1.99. The van der Waals surface area contributed by atoms with E-state index in [9.17, 15) is 18.7 Å². The van der Waals surface area contributed by atoms with Crippen molar-refractivity contribution in [1.82, 2.24) is 0 Å². The largest absolute Gasteiger partial charge is 0.479 e. The van der Waals surface area contributed by atoms with Crippen LogP contribution >= 0.6 is 0 Å². The Morgan fingerprint density at radius 2 is 2.00 bits per heavy atom. The second-order valence-electron chi connectivity index (χ2n) is 3.50. The van der Waals surface area contributed by atoms with Crippen molar-refractivity contribution in [3.8, 4) is 0 Å². The van der Waals surface area contributed by atoms with Gasteiger partial charge in [-0.3, -0.25) is 0 Å². The molecule has 0 radical (unpaired) electrons. The molecule has 0 fully saturated rings. The highest BCUT2D eigenvalue weighted by Gasteiger charge is 2.30. The molecule has 5 heteroatoms. The van der Waals surface area contributed by atoms with E-state index in [1.165, 1.54) is 6.07 Å². The molecule has 1 rings (SSSR count). The number of rotatable bonds is 3. The molecule has 0 spiro atoms. The summed E-state index contributed by atoms with van der Waals surface area (Å²) in [5.74, 6) is -3.48. The molecule has 82 valence electrons. The van der Waals surface area contributed by atoms with Gasteiger partial charge in [0, 0.05) is 6.42 Å². The predicted molar refractivity (Wildman–Crippen MR) is 48.3 cm³/mol. The van der Waals surface area contributed by atoms with Crippen LogP contribution in [0.2, 0.25) is 0 Å². The fraction of sp³-hybridized carbons (Fsp3) is 0.300. The summed E-state index contributed by atoms with van der Waals surface area (Å²) in [6.07, 6.45) is -0.278. The van der Waals surface area contributed by atoms with Crippen LogP contribution in [-0.2, 0) is 11.2 Å². The highest BCUT2D eigenvalue weighted by Crippen LogP contribution is 2.16. The van der Waals surface area contributed by atoms with Crippen molar-refractivity contribution in [1.29, 1.82) is 0 Å². The minimum Gasteiger partial charge on any atom is -0.479 e. The first-order chi connectivity index (χ1) is 6.83. The first kappa shape index (κ1) is 11.6. The first-order valence-electron chi connectivity index (χ1n) is 4.22. The second kappa shape index (κ2) is 3.94. The average Bonchev–Trinajstić information content (AvgIpc) is 2.10. The number of carbonyl (C=O) groups is 1. The van der Waals surface area contributed by atoms with Crippen LogP contribution in [0.1, 0.15) is 12.5 Å². The van der Waals surface area contributed by atoms with Gasteiger partial charge < -0.3 is 10.2 Å². The molecule has 0 heterocycles. The van der Waals surface area contributed by atoms with Crippen LogP contribution in [0.15, 0.2) is 18.2 Å². The quantitative estimate of drug-likeness (QED) is 0.801. The first-order valence-corrected chi connectivity index (χ1v) is 4.22. The molecule has 0 saturated heterocycles. The van der Waals surface area contributed by atoms with Crippen molar-refractivity contribution in [2.24, 2.45) is 0 Å².